The summed E-state index contributed by atoms with van der Waals surface area (Å²) in [6.07, 6.45) is -0.306. The largest absolute Gasteiger partial charge is 0.493 e. The van der Waals surface area contributed by atoms with E-state index in [0.29, 0.717) is 24.7 Å². The second kappa shape index (κ2) is 7.65. The molecule has 26 heavy (non-hydrogen) atoms. The highest BCUT2D eigenvalue weighted by Crippen LogP contribution is 2.35. The highest BCUT2D eigenvalue weighted by atomic mass is 32.2. The van der Waals surface area contributed by atoms with E-state index in [1.807, 2.05) is 37.3 Å². The quantitative estimate of drug-likeness (QED) is 0.802. The molecule has 140 valence electrons. The van der Waals surface area contributed by atoms with E-state index in [1.54, 1.807) is 6.07 Å². The smallest absolute Gasteiger partial charge is 0.243 e. The van der Waals surface area contributed by atoms with E-state index >= 15 is 0 Å². The predicted molar refractivity (Wildman–Crippen MR) is 98.0 cm³/mol. The Hall–Kier alpha value is -2.09. The lowest BCUT2D eigenvalue weighted by Crippen LogP contribution is -2.48. The van der Waals surface area contributed by atoms with Crippen molar-refractivity contribution < 1.29 is 22.6 Å². The van der Waals surface area contributed by atoms with Crippen molar-refractivity contribution in [2.75, 3.05) is 27.4 Å². The number of morpholine rings is 1. The molecule has 1 saturated heterocycles. The van der Waals surface area contributed by atoms with Gasteiger partial charge in [-0.15, -0.1) is 0 Å². The Kier molecular flexibility index (Phi) is 5.50. The summed E-state index contributed by atoms with van der Waals surface area (Å²) in [6.45, 7) is 2.52. The monoisotopic (exact) mass is 377 g/mol. The Morgan fingerprint density at radius 3 is 2.38 bits per heavy atom. The van der Waals surface area contributed by atoms with Gasteiger partial charge in [0.15, 0.2) is 11.5 Å². The highest BCUT2D eigenvalue weighted by Gasteiger charge is 2.38. The fourth-order valence-electron chi connectivity index (χ4n) is 3.23. The van der Waals surface area contributed by atoms with E-state index in [0.717, 1.165) is 5.56 Å². The first-order valence-electron chi connectivity index (χ1n) is 8.39. The molecule has 2 aromatic rings. The van der Waals surface area contributed by atoms with Crippen LogP contribution in [0, 0.1) is 0 Å². The van der Waals surface area contributed by atoms with Gasteiger partial charge in [0.25, 0.3) is 0 Å². The van der Waals surface area contributed by atoms with Gasteiger partial charge >= 0.3 is 0 Å². The van der Waals surface area contributed by atoms with Crippen LogP contribution in [0.4, 0.5) is 0 Å². The second-order valence-electron chi connectivity index (χ2n) is 6.08. The molecule has 1 aliphatic heterocycles. The Morgan fingerprint density at radius 2 is 1.73 bits per heavy atom. The molecule has 0 radical (unpaired) electrons. The first kappa shape index (κ1) is 18.7. The fourth-order valence-corrected chi connectivity index (χ4v) is 4.86. The normalized spacial score (nSPS) is 21.3. The maximum atomic E-state index is 13.2. The molecule has 0 amide bonds. The fraction of sp³-hybridized carbons (Fsp3) is 0.368. The van der Waals surface area contributed by atoms with Gasteiger partial charge in [0.2, 0.25) is 10.0 Å². The molecule has 2 unspecified atom stereocenters. The Labute approximate surface area is 154 Å². The molecular formula is C19H23NO5S. The Morgan fingerprint density at radius 1 is 1.04 bits per heavy atom. The predicted octanol–water partition coefficient (Wildman–Crippen LogP) is 2.85. The number of sulfonamides is 1. The van der Waals surface area contributed by atoms with Gasteiger partial charge in [-0.05, 0) is 24.6 Å². The molecule has 6 nitrogen and oxygen atoms in total. The summed E-state index contributed by atoms with van der Waals surface area (Å²) in [5.74, 6) is 0.873. The molecule has 1 aliphatic rings. The van der Waals surface area contributed by atoms with Crippen LogP contribution < -0.4 is 9.47 Å². The molecule has 0 spiro atoms. The van der Waals surface area contributed by atoms with Crippen molar-refractivity contribution in [2.45, 2.75) is 24.0 Å². The summed E-state index contributed by atoms with van der Waals surface area (Å²) in [6, 6.07) is 14.0. The number of rotatable bonds is 5. The third-order valence-electron chi connectivity index (χ3n) is 4.59. The van der Waals surface area contributed by atoms with E-state index in [2.05, 4.69) is 0 Å². The molecule has 1 heterocycles. The van der Waals surface area contributed by atoms with Gasteiger partial charge in [0.05, 0.1) is 37.9 Å². The van der Waals surface area contributed by atoms with Crippen LogP contribution in [0.1, 0.15) is 18.6 Å². The first-order valence-corrected chi connectivity index (χ1v) is 9.83. The Balaban J connectivity index is 1.94. The van der Waals surface area contributed by atoms with Gasteiger partial charge in [0, 0.05) is 12.6 Å². The van der Waals surface area contributed by atoms with E-state index in [4.69, 9.17) is 14.2 Å². The first-order chi connectivity index (χ1) is 12.5. The summed E-state index contributed by atoms with van der Waals surface area (Å²) in [4.78, 5) is 0.177. The molecule has 3 rings (SSSR count). The van der Waals surface area contributed by atoms with Gasteiger partial charge in [-0.3, -0.25) is 0 Å². The standard InChI is InChI=1S/C19H23NO5S/c1-14-19(15-7-5-4-6-8-15)25-12-11-20(14)26(21,22)16-9-10-17(23-2)18(13-16)24-3/h4-10,13-14,19H,11-12H2,1-3H3. The summed E-state index contributed by atoms with van der Waals surface area (Å²) in [5.41, 5.74) is 0.965. The van der Waals surface area contributed by atoms with Gasteiger partial charge < -0.3 is 14.2 Å². The number of hydrogen-bond acceptors (Lipinski definition) is 5. The van der Waals surface area contributed by atoms with Crippen LogP contribution in [0.25, 0.3) is 0 Å². The average molecular weight is 377 g/mol. The number of benzene rings is 2. The molecule has 7 heteroatoms. The van der Waals surface area contributed by atoms with Crippen LogP contribution in [-0.2, 0) is 14.8 Å². The van der Waals surface area contributed by atoms with Crippen molar-refractivity contribution in [3.05, 3.63) is 54.1 Å². The van der Waals surface area contributed by atoms with E-state index in [1.165, 1.54) is 30.7 Å². The van der Waals surface area contributed by atoms with E-state index in [9.17, 15) is 8.42 Å². The summed E-state index contributed by atoms with van der Waals surface area (Å²) in [5, 5.41) is 0. The number of ether oxygens (including phenoxy) is 3. The average Bonchev–Trinajstić information content (AvgIpc) is 2.68. The minimum atomic E-state index is -3.69. The van der Waals surface area contributed by atoms with Gasteiger partial charge in [-0.1, -0.05) is 30.3 Å². The molecule has 0 aromatic heterocycles. The Bertz CT molecular complexity index is 853. The van der Waals surface area contributed by atoms with Crippen molar-refractivity contribution in [1.29, 1.82) is 0 Å². The molecule has 2 atom stereocenters. The van der Waals surface area contributed by atoms with Gasteiger partial charge in [-0.2, -0.15) is 4.31 Å². The van der Waals surface area contributed by atoms with E-state index in [-0.39, 0.29) is 17.0 Å². The topological polar surface area (TPSA) is 65.1 Å². The van der Waals surface area contributed by atoms with Crippen molar-refractivity contribution in [2.24, 2.45) is 0 Å². The number of nitrogens with zero attached hydrogens (tertiary/aromatic N) is 1. The van der Waals surface area contributed by atoms with Crippen LogP contribution >= 0.6 is 0 Å². The van der Waals surface area contributed by atoms with Crippen LogP contribution in [0.5, 0.6) is 11.5 Å². The molecule has 0 bridgehead atoms. The highest BCUT2D eigenvalue weighted by molar-refractivity contribution is 7.89. The van der Waals surface area contributed by atoms with Gasteiger partial charge in [-0.25, -0.2) is 8.42 Å². The van der Waals surface area contributed by atoms with Gasteiger partial charge in [0.1, 0.15) is 0 Å². The second-order valence-corrected chi connectivity index (χ2v) is 7.97. The van der Waals surface area contributed by atoms with Crippen LogP contribution in [-0.4, -0.2) is 46.1 Å². The molecule has 2 aromatic carbocycles. The molecule has 0 aliphatic carbocycles. The lowest BCUT2D eigenvalue weighted by Gasteiger charge is -2.38. The van der Waals surface area contributed by atoms with Crippen molar-refractivity contribution >= 4 is 10.0 Å². The lowest BCUT2D eigenvalue weighted by molar-refractivity contribution is -0.0361. The maximum Gasteiger partial charge on any atom is 0.243 e. The zero-order valence-corrected chi connectivity index (χ0v) is 15.9. The maximum absolute atomic E-state index is 13.2. The summed E-state index contributed by atoms with van der Waals surface area (Å²) >= 11 is 0. The molecule has 0 N–H and O–H groups in total. The molecule has 1 fully saturated rings. The number of methoxy groups -OCH3 is 2. The van der Waals surface area contributed by atoms with Crippen molar-refractivity contribution in [3.63, 3.8) is 0 Å². The minimum absolute atomic E-state index is 0.177. The number of hydrogen-bond donors (Lipinski definition) is 0. The zero-order chi connectivity index (χ0) is 18.7. The minimum Gasteiger partial charge on any atom is -0.493 e. The van der Waals surface area contributed by atoms with Crippen molar-refractivity contribution in [3.8, 4) is 11.5 Å². The third kappa shape index (κ3) is 3.42. The van der Waals surface area contributed by atoms with E-state index < -0.39 is 10.0 Å². The zero-order valence-electron chi connectivity index (χ0n) is 15.1. The summed E-state index contributed by atoms with van der Waals surface area (Å²) < 4.78 is 44.2. The van der Waals surface area contributed by atoms with Crippen LogP contribution in [0.15, 0.2) is 53.4 Å². The van der Waals surface area contributed by atoms with Crippen molar-refractivity contribution in [1.82, 2.24) is 4.31 Å². The molecular weight excluding hydrogens is 354 g/mol. The van der Waals surface area contributed by atoms with Crippen LogP contribution in [0.3, 0.4) is 0 Å². The SMILES string of the molecule is COc1ccc(S(=O)(=O)N2CCOC(c3ccccc3)C2C)cc1OC. The third-order valence-corrected chi connectivity index (χ3v) is 6.57. The van der Waals surface area contributed by atoms with Crippen LogP contribution in [0.2, 0.25) is 0 Å². The molecule has 0 saturated carbocycles. The lowest BCUT2D eigenvalue weighted by atomic mass is 10.0. The summed E-state index contributed by atoms with van der Waals surface area (Å²) in [7, 11) is -0.694.